The van der Waals surface area contributed by atoms with Crippen LogP contribution in [0.1, 0.15) is 46.0 Å². The topological polar surface area (TPSA) is 39.7 Å². The Hall–Kier alpha value is -0.250. The molecule has 0 bridgehead atoms. The standard InChI is InChI=1S/C17H31F3N4.HI/c1-3-16(7-5-8-16)12-23-15(21-4-2)22-10-14-6-9-24(11-14)13-17(18,19)20;/h14H,3-13H2,1-2H3,(H2,21,22,23);1H. The second kappa shape index (κ2) is 10.2. The summed E-state index contributed by atoms with van der Waals surface area (Å²) in [6.45, 7) is 6.79. The van der Waals surface area contributed by atoms with Crippen LogP contribution in [0.3, 0.4) is 0 Å². The Labute approximate surface area is 166 Å². The Bertz CT molecular complexity index is 419. The number of nitrogens with one attached hydrogen (secondary N) is 2. The fourth-order valence-electron chi connectivity index (χ4n) is 3.61. The van der Waals surface area contributed by atoms with E-state index in [0.29, 0.717) is 25.0 Å². The zero-order valence-corrected chi connectivity index (χ0v) is 17.6. The van der Waals surface area contributed by atoms with Crippen LogP contribution in [0.5, 0.6) is 0 Å². The zero-order chi connectivity index (χ0) is 17.6. The Morgan fingerprint density at radius 2 is 1.96 bits per heavy atom. The van der Waals surface area contributed by atoms with Crippen LogP contribution in [-0.4, -0.2) is 56.3 Å². The third-order valence-corrected chi connectivity index (χ3v) is 5.41. The van der Waals surface area contributed by atoms with E-state index in [0.717, 1.165) is 31.9 Å². The minimum absolute atomic E-state index is 0. The summed E-state index contributed by atoms with van der Waals surface area (Å²) in [6, 6.07) is 0. The van der Waals surface area contributed by atoms with Crippen LogP contribution >= 0.6 is 24.0 Å². The van der Waals surface area contributed by atoms with Crippen molar-refractivity contribution in [1.82, 2.24) is 15.5 Å². The second-order valence-corrected chi connectivity index (χ2v) is 7.29. The molecule has 148 valence electrons. The van der Waals surface area contributed by atoms with E-state index >= 15 is 0 Å². The molecule has 0 spiro atoms. The van der Waals surface area contributed by atoms with Crippen LogP contribution in [0.4, 0.5) is 13.2 Å². The smallest absolute Gasteiger partial charge is 0.357 e. The first-order chi connectivity index (χ1) is 11.4. The van der Waals surface area contributed by atoms with Crippen LogP contribution in [0.25, 0.3) is 0 Å². The fourth-order valence-corrected chi connectivity index (χ4v) is 3.61. The molecular formula is C17H32F3IN4. The van der Waals surface area contributed by atoms with Crippen LogP contribution in [0.2, 0.25) is 0 Å². The monoisotopic (exact) mass is 476 g/mol. The van der Waals surface area contributed by atoms with Crippen molar-refractivity contribution < 1.29 is 13.2 Å². The minimum Gasteiger partial charge on any atom is -0.357 e. The van der Waals surface area contributed by atoms with E-state index in [4.69, 9.17) is 4.99 Å². The number of halogens is 4. The summed E-state index contributed by atoms with van der Waals surface area (Å²) in [5.74, 6) is 1.05. The molecule has 1 saturated carbocycles. The highest BCUT2D eigenvalue weighted by Crippen LogP contribution is 2.43. The lowest BCUT2D eigenvalue weighted by Crippen LogP contribution is -2.42. The molecule has 2 fully saturated rings. The summed E-state index contributed by atoms with van der Waals surface area (Å²) >= 11 is 0. The zero-order valence-electron chi connectivity index (χ0n) is 15.3. The van der Waals surface area contributed by atoms with E-state index in [1.807, 2.05) is 6.92 Å². The first kappa shape index (κ1) is 22.8. The van der Waals surface area contributed by atoms with Crippen molar-refractivity contribution >= 4 is 29.9 Å². The van der Waals surface area contributed by atoms with Gasteiger partial charge in [-0.3, -0.25) is 9.89 Å². The summed E-state index contributed by atoms with van der Waals surface area (Å²) in [4.78, 5) is 6.22. The van der Waals surface area contributed by atoms with Gasteiger partial charge >= 0.3 is 6.18 Å². The van der Waals surface area contributed by atoms with Crippen molar-refractivity contribution in [3.05, 3.63) is 0 Å². The van der Waals surface area contributed by atoms with Gasteiger partial charge in [0.05, 0.1) is 6.54 Å². The normalized spacial score (nSPS) is 23.7. The average molecular weight is 476 g/mol. The van der Waals surface area contributed by atoms with Crippen LogP contribution in [0.15, 0.2) is 4.99 Å². The summed E-state index contributed by atoms with van der Waals surface area (Å²) in [7, 11) is 0. The molecule has 2 N–H and O–H groups in total. The maximum atomic E-state index is 12.4. The van der Waals surface area contributed by atoms with Gasteiger partial charge in [-0.05, 0) is 50.5 Å². The Balaban J connectivity index is 0.00000312. The van der Waals surface area contributed by atoms with E-state index in [1.165, 1.54) is 24.2 Å². The van der Waals surface area contributed by atoms with Gasteiger partial charge in [0.25, 0.3) is 0 Å². The van der Waals surface area contributed by atoms with Crippen molar-refractivity contribution in [3.63, 3.8) is 0 Å². The van der Waals surface area contributed by atoms with Crippen LogP contribution in [-0.2, 0) is 0 Å². The highest BCUT2D eigenvalue weighted by molar-refractivity contribution is 14.0. The number of hydrogen-bond donors (Lipinski definition) is 2. The van der Waals surface area contributed by atoms with E-state index in [9.17, 15) is 13.2 Å². The first-order valence-electron chi connectivity index (χ1n) is 9.17. The number of rotatable bonds is 7. The van der Waals surface area contributed by atoms with Crippen molar-refractivity contribution in [3.8, 4) is 0 Å². The van der Waals surface area contributed by atoms with Gasteiger partial charge in [-0.1, -0.05) is 13.3 Å². The fraction of sp³-hybridized carbons (Fsp3) is 0.941. The lowest BCUT2D eigenvalue weighted by Gasteiger charge is -2.40. The van der Waals surface area contributed by atoms with Crippen LogP contribution < -0.4 is 10.6 Å². The molecule has 2 aliphatic rings. The molecule has 1 aliphatic carbocycles. The molecule has 4 nitrogen and oxygen atoms in total. The molecule has 1 aliphatic heterocycles. The van der Waals surface area contributed by atoms with Gasteiger partial charge in [-0.2, -0.15) is 13.2 Å². The van der Waals surface area contributed by atoms with Crippen molar-refractivity contribution in [1.29, 1.82) is 0 Å². The first-order valence-corrected chi connectivity index (χ1v) is 9.17. The number of aliphatic imine (C=N–C) groups is 1. The number of guanidine groups is 1. The molecule has 25 heavy (non-hydrogen) atoms. The predicted octanol–water partition coefficient (Wildman–Crippen LogP) is 3.62. The van der Waals surface area contributed by atoms with Crippen molar-refractivity contribution in [2.24, 2.45) is 16.3 Å². The summed E-state index contributed by atoms with van der Waals surface area (Å²) in [6.07, 6.45) is 1.66. The van der Waals surface area contributed by atoms with Gasteiger partial charge in [-0.25, -0.2) is 0 Å². The van der Waals surface area contributed by atoms with Gasteiger partial charge in [0.1, 0.15) is 0 Å². The third kappa shape index (κ3) is 7.48. The molecule has 0 aromatic heterocycles. The molecule has 0 amide bonds. The number of alkyl halides is 3. The van der Waals surface area contributed by atoms with E-state index in [1.54, 1.807) is 0 Å². The van der Waals surface area contributed by atoms with Crippen molar-refractivity contribution in [2.45, 2.75) is 52.1 Å². The Kier molecular flexibility index (Phi) is 9.28. The quantitative estimate of drug-likeness (QED) is 0.335. The van der Waals surface area contributed by atoms with Gasteiger partial charge in [0, 0.05) is 26.2 Å². The second-order valence-electron chi connectivity index (χ2n) is 7.29. The summed E-state index contributed by atoms with van der Waals surface area (Å²) < 4.78 is 37.3. The maximum Gasteiger partial charge on any atom is 0.401 e. The minimum atomic E-state index is -4.10. The SMILES string of the molecule is CCNC(=NCC1(CC)CCC1)NCC1CCN(CC(F)(F)F)C1.I. The largest absolute Gasteiger partial charge is 0.401 e. The Morgan fingerprint density at radius 3 is 2.48 bits per heavy atom. The van der Waals surface area contributed by atoms with Crippen LogP contribution in [0, 0.1) is 11.3 Å². The third-order valence-electron chi connectivity index (χ3n) is 5.41. The summed E-state index contributed by atoms with van der Waals surface area (Å²) in [5, 5.41) is 6.57. The average Bonchev–Trinajstić information content (AvgIpc) is 2.89. The Morgan fingerprint density at radius 1 is 1.24 bits per heavy atom. The van der Waals surface area contributed by atoms with Crippen molar-refractivity contribution in [2.75, 3.05) is 39.3 Å². The molecule has 1 saturated heterocycles. The summed E-state index contributed by atoms with van der Waals surface area (Å²) in [5.41, 5.74) is 0.374. The molecule has 8 heteroatoms. The lowest BCUT2D eigenvalue weighted by molar-refractivity contribution is -0.143. The van der Waals surface area contributed by atoms with E-state index < -0.39 is 12.7 Å². The van der Waals surface area contributed by atoms with Gasteiger partial charge < -0.3 is 10.6 Å². The number of likely N-dealkylation sites (tertiary alicyclic amines) is 1. The van der Waals surface area contributed by atoms with E-state index in [2.05, 4.69) is 17.6 Å². The molecular weight excluding hydrogens is 444 g/mol. The van der Waals surface area contributed by atoms with Gasteiger partial charge in [-0.15, -0.1) is 24.0 Å². The lowest BCUT2D eigenvalue weighted by atomic mass is 9.67. The van der Waals surface area contributed by atoms with E-state index in [-0.39, 0.29) is 29.9 Å². The maximum absolute atomic E-state index is 12.4. The van der Waals surface area contributed by atoms with Gasteiger partial charge in [0.15, 0.2) is 5.96 Å². The molecule has 2 rings (SSSR count). The number of hydrogen-bond acceptors (Lipinski definition) is 2. The molecule has 1 unspecified atom stereocenters. The molecule has 0 aromatic rings. The molecule has 0 radical (unpaired) electrons. The molecule has 1 atom stereocenters. The van der Waals surface area contributed by atoms with Gasteiger partial charge in [0.2, 0.25) is 0 Å². The highest BCUT2D eigenvalue weighted by Gasteiger charge is 2.35. The highest BCUT2D eigenvalue weighted by atomic mass is 127. The predicted molar refractivity (Wildman–Crippen MR) is 107 cm³/mol. The molecule has 0 aromatic carbocycles. The molecule has 1 heterocycles. The number of nitrogens with zero attached hydrogens (tertiary/aromatic N) is 2.